The molecular formula is C4H9FNO4P. The molecule has 0 saturated heterocycles. The maximum Gasteiger partial charge on any atom is 0.475 e. The molecule has 0 aromatic carbocycles. The summed E-state index contributed by atoms with van der Waals surface area (Å²) < 4.78 is 27.0. The molecule has 1 amide bonds. The van der Waals surface area contributed by atoms with Gasteiger partial charge in [0, 0.05) is 0 Å². The summed E-state index contributed by atoms with van der Waals surface area (Å²) in [6.45, 7) is 2.88. The van der Waals surface area contributed by atoms with Crippen LogP contribution in [0, 0.1) is 0 Å². The number of nitrogens with one attached hydrogen (secondary N) is 1. The quantitative estimate of drug-likeness (QED) is 0.656. The molecule has 0 aliphatic rings. The predicted molar refractivity (Wildman–Crippen MR) is 36.1 cm³/mol. The van der Waals surface area contributed by atoms with Crippen molar-refractivity contribution in [3.8, 4) is 0 Å². The highest BCUT2D eigenvalue weighted by molar-refractivity contribution is 7.52. The summed E-state index contributed by atoms with van der Waals surface area (Å²) in [4.78, 5) is 9.79. The summed E-state index contributed by atoms with van der Waals surface area (Å²) in [5, 5.41) is 9.09. The standard InChI is InChI=1S/C4H9FNO4P/c1-3(2)10-11(5,9)6-4(7)8/h3H,1-2H3,(H,6,9)(H,7,8). The molecule has 0 aromatic rings. The van der Waals surface area contributed by atoms with E-state index in [1.165, 1.54) is 13.8 Å². The molecule has 66 valence electrons. The number of halogens is 1. The lowest BCUT2D eigenvalue weighted by Crippen LogP contribution is -2.18. The van der Waals surface area contributed by atoms with Gasteiger partial charge in [0.15, 0.2) is 0 Å². The molecule has 0 aromatic heterocycles. The van der Waals surface area contributed by atoms with Crippen LogP contribution in [0.15, 0.2) is 0 Å². The molecular weight excluding hydrogens is 176 g/mol. The van der Waals surface area contributed by atoms with Gasteiger partial charge in [-0.05, 0) is 13.8 Å². The molecule has 0 bridgehead atoms. The summed E-state index contributed by atoms with van der Waals surface area (Å²) in [6.07, 6.45) is -2.34. The summed E-state index contributed by atoms with van der Waals surface area (Å²) >= 11 is 0. The van der Waals surface area contributed by atoms with Crippen LogP contribution in [0.5, 0.6) is 0 Å². The number of hydrogen-bond donors (Lipinski definition) is 2. The average Bonchev–Trinajstić information content (AvgIpc) is 1.53. The van der Waals surface area contributed by atoms with Gasteiger partial charge in [-0.15, -0.1) is 4.20 Å². The molecule has 1 unspecified atom stereocenters. The van der Waals surface area contributed by atoms with Crippen LogP contribution in [0.25, 0.3) is 0 Å². The van der Waals surface area contributed by atoms with Crippen molar-refractivity contribution in [1.82, 2.24) is 5.09 Å². The van der Waals surface area contributed by atoms with Gasteiger partial charge in [0.2, 0.25) is 0 Å². The number of carbonyl (C=O) groups is 1. The van der Waals surface area contributed by atoms with Gasteiger partial charge in [0.1, 0.15) is 0 Å². The molecule has 5 nitrogen and oxygen atoms in total. The Hall–Kier alpha value is -0.610. The van der Waals surface area contributed by atoms with Gasteiger partial charge in [-0.1, -0.05) is 0 Å². The van der Waals surface area contributed by atoms with Crippen LogP contribution in [0.2, 0.25) is 0 Å². The Kier molecular flexibility index (Phi) is 3.48. The lowest BCUT2D eigenvalue weighted by Gasteiger charge is -2.10. The average molecular weight is 185 g/mol. The molecule has 0 saturated carbocycles. The van der Waals surface area contributed by atoms with E-state index in [4.69, 9.17) is 5.11 Å². The molecule has 0 aliphatic heterocycles. The molecule has 0 rings (SSSR count). The Labute approximate surface area is 63.2 Å². The molecule has 11 heavy (non-hydrogen) atoms. The van der Waals surface area contributed by atoms with E-state index in [1.54, 1.807) is 0 Å². The van der Waals surface area contributed by atoms with Crippen molar-refractivity contribution in [3.05, 3.63) is 0 Å². The van der Waals surface area contributed by atoms with E-state index in [0.717, 1.165) is 5.09 Å². The lowest BCUT2D eigenvalue weighted by atomic mass is 10.5. The van der Waals surface area contributed by atoms with E-state index in [0.29, 0.717) is 0 Å². The zero-order valence-corrected chi connectivity index (χ0v) is 6.97. The van der Waals surface area contributed by atoms with Gasteiger partial charge < -0.3 is 5.11 Å². The van der Waals surface area contributed by atoms with Crippen LogP contribution in [-0.2, 0) is 9.09 Å². The van der Waals surface area contributed by atoms with Gasteiger partial charge in [-0.2, -0.15) is 0 Å². The zero-order chi connectivity index (χ0) is 9.07. The van der Waals surface area contributed by atoms with Gasteiger partial charge in [-0.25, -0.2) is 14.4 Å². The number of rotatable bonds is 3. The Balaban J connectivity index is 4.01. The van der Waals surface area contributed by atoms with Crippen molar-refractivity contribution in [3.63, 3.8) is 0 Å². The summed E-state index contributed by atoms with van der Waals surface area (Å²) in [5.74, 6) is 0. The van der Waals surface area contributed by atoms with E-state index < -0.39 is 20.0 Å². The Bertz CT molecular complexity index is 195. The van der Waals surface area contributed by atoms with Gasteiger partial charge >= 0.3 is 13.9 Å². The predicted octanol–water partition coefficient (Wildman–Crippen LogP) is 1.76. The van der Waals surface area contributed by atoms with E-state index >= 15 is 0 Å². The Morgan fingerprint density at radius 2 is 2.18 bits per heavy atom. The first-order valence-corrected chi connectivity index (χ1v) is 4.34. The number of hydrogen-bond acceptors (Lipinski definition) is 3. The van der Waals surface area contributed by atoms with Crippen molar-refractivity contribution in [2.75, 3.05) is 0 Å². The molecule has 7 heteroatoms. The highest BCUT2D eigenvalue weighted by atomic mass is 31.2. The van der Waals surface area contributed by atoms with Gasteiger partial charge in [0.05, 0.1) is 6.10 Å². The monoisotopic (exact) mass is 185 g/mol. The third kappa shape index (κ3) is 5.82. The zero-order valence-electron chi connectivity index (χ0n) is 6.07. The molecule has 0 fully saturated rings. The second-order valence-corrected chi connectivity index (χ2v) is 3.44. The first-order chi connectivity index (χ1) is 4.83. The van der Waals surface area contributed by atoms with Crippen molar-refractivity contribution in [2.24, 2.45) is 0 Å². The van der Waals surface area contributed by atoms with E-state index in [-0.39, 0.29) is 0 Å². The maximum absolute atomic E-state index is 12.4. The minimum Gasteiger partial charge on any atom is -0.465 e. The highest BCUT2D eigenvalue weighted by Gasteiger charge is 2.26. The Morgan fingerprint density at radius 3 is 2.45 bits per heavy atom. The molecule has 1 atom stereocenters. The van der Waals surface area contributed by atoms with Gasteiger partial charge in [-0.3, -0.25) is 4.52 Å². The summed E-state index contributed by atoms with van der Waals surface area (Å²) in [5.41, 5.74) is 0. The lowest BCUT2D eigenvalue weighted by molar-refractivity contribution is 0.188. The van der Waals surface area contributed by atoms with Crippen LogP contribution >= 0.6 is 7.83 Å². The van der Waals surface area contributed by atoms with Crippen molar-refractivity contribution < 1.29 is 23.2 Å². The third-order valence-corrected chi connectivity index (χ3v) is 1.73. The van der Waals surface area contributed by atoms with Crippen LogP contribution < -0.4 is 5.09 Å². The van der Waals surface area contributed by atoms with E-state index in [9.17, 15) is 13.6 Å². The highest BCUT2D eigenvalue weighted by Crippen LogP contribution is 2.44. The Morgan fingerprint density at radius 1 is 1.73 bits per heavy atom. The van der Waals surface area contributed by atoms with Crippen LogP contribution in [0.1, 0.15) is 13.8 Å². The molecule has 0 radical (unpaired) electrons. The minimum absolute atomic E-state index is 0.627. The fraction of sp³-hybridized carbons (Fsp3) is 0.750. The molecule has 0 heterocycles. The smallest absolute Gasteiger partial charge is 0.465 e. The maximum atomic E-state index is 12.4. The first-order valence-electron chi connectivity index (χ1n) is 2.83. The SMILES string of the molecule is CC(C)OP(=O)(F)NC(=O)O. The first kappa shape index (κ1) is 10.4. The topological polar surface area (TPSA) is 75.6 Å². The fourth-order valence-electron chi connectivity index (χ4n) is 0.412. The molecule has 0 aliphatic carbocycles. The normalized spacial score (nSPS) is 16.0. The van der Waals surface area contributed by atoms with Crippen molar-refractivity contribution in [1.29, 1.82) is 0 Å². The van der Waals surface area contributed by atoms with Crippen LogP contribution in [0.4, 0.5) is 8.99 Å². The summed E-state index contributed by atoms with van der Waals surface area (Å²) in [6, 6.07) is 0. The van der Waals surface area contributed by atoms with Crippen molar-refractivity contribution in [2.45, 2.75) is 20.0 Å². The summed E-state index contributed by atoms with van der Waals surface area (Å²) in [7, 11) is -4.65. The fourth-order valence-corrected chi connectivity index (χ4v) is 1.24. The minimum atomic E-state index is -4.65. The number of carboxylic acid groups (broad SMARTS) is 1. The van der Waals surface area contributed by atoms with Crippen LogP contribution in [-0.4, -0.2) is 17.3 Å². The van der Waals surface area contributed by atoms with Gasteiger partial charge in [0.25, 0.3) is 0 Å². The van der Waals surface area contributed by atoms with E-state index in [1.807, 2.05) is 0 Å². The molecule has 2 N–H and O–H groups in total. The van der Waals surface area contributed by atoms with Crippen LogP contribution in [0.3, 0.4) is 0 Å². The van der Waals surface area contributed by atoms with Crippen molar-refractivity contribution >= 4 is 13.9 Å². The number of amides is 1. The largest absolute Gasteiger partial charge is 0.475 e. The van der Waals surface area contributed by atoms with E-state index in [2.05, 4.69) is 4.52 Å². The molecule has 0 spiro atoms. The third-order valence-electron chi connectivity index (χ3n) is 0.576. The second-order valence-electron chi connectivity index (χ2n) is 2.05. The second kappa shape index (κ2) is 3.69.